The molecule has 9 nitrogen and oxygen atoms in total. The molecule has 2 bridgehead atoms. The SMILES string of the molecule is CC(=N[C@H]1CCOC[C@]1(C)F)/C1=C(\N)OCCCn2nc(Cl)c3cnc(nc32)N1. The Kier molecular flexibility index (Phi) is 5.30. The van der Waals surface area contributed by atoms with E-state index in [1.54, 1.807) is 17.8 Å². The molecule has 29 heavy (non-hydrogen) atoms. The average molecular weight is 424 g/mol. The number of halogens is 2. The van der Waals surface area contributed by atoms with Crippen LogP contribution in [0.4, 0.5) is 10.3 Å². The van der Waals surface area contributed by atoms with Crippen molar-refractivity contribution in [3.05, 3.63) is 22.9 Å². The number of hydrogen-bond acceptors (Lipinski definition) is 8. The fourth-order valence-electron chi connectivity index (χ4n) is 3.41. The van der Waals surface area contributed by atoms with Crippen molar-refractivity contribution in [2.24, 2.45) is 10.7 Å². The molecular weight excluding hydrogens is 401 g/mol. The quantitative estimate of drug-likeness (QED) is 0.713. The number of nitrogens with two attached hydrogens (primary N) is 1. The normalized spacial score (nSPS) is 28.7. The van der Waals surface area contributed by atoms with E-state index in [2.05, 4.69) is 25.4 Å². The molecule has 2 atom stereocenters. The van der Waals surface area contributed by atoms with Crippen molar-refractivity contribution >= 4 is 34.3 Å². The van der Waals surface area contributed by atoms with Crippen LogP contribution in [0.1, 0.15) is 26.7 Å². The molecule has 0 spiro atoms. The Balaban J connectivity index is 1.71. The Morgan fingerprint density at radius 1 is 1.48 bits per heavy atom. The first kappa shape index (κ1) is 19.8. The van der Waals surface area contributed by atoms with Gasteiger partial charge in [-0.05, 0) is 20.3 Å². The number of aliphatic imine (C=N–C) groups is 1. The molecule has 2 aliphatic heterocycles. The van der Waals surface area contributed by atoms with E-state index < -0.39 is 11.7 Å². The van der Waals surface area contributed by atoms with E-state index in [9.17, 15) is 4.39 Å². The number of fused-ring (bicyclic) bond motifs is 1. The first-order valence-corrected chi connectivity index (χ1v) is 9.83. The predicted octanol–water partition coefficient (Wildman–Crippen LogP) is 2.42. The number of rotatable bonds is 2. The molecule has 0 saturated carbocycles. The van der Waals surface area contributed by atoms with E-state index in [-0.39, 0.29) is 12.5 Å². The van der Waals surface area contributed by atoms with Gasteiger partial charge in [0.2, 0.25) is 11.8 Å². The maximum absolute atomic E-state index is 14.8. The summed E-state index contributed by atoms with van der Waals surface area (Å²) in [7, 11) is 0. The van der Waals surface area contributed by atoms with E-state index in [1.165, 1.54) is 6.92 Å². The Morgan fingerprint density at radius 3 is 3.10 bits per heavy atom. The van der Waals surface area contributed by atoms with Crippen LogP contribution in [0.25, 0.3) is 11.0 Å². The fraction of sp³-hybridized carbons (Fsp3) is 0.556. The molecule has 11 heteroatoms. The van der Waals surface area contributed by atoms with Crippen LogP contribution in [0.5, 0.6) is 0 Å². The second-order valence-corrected chi connectivity index (χ2v) is 7.72. The van der Waals surface area contributed by atoms with Gasteiger partial charge in [-0.15, -0.1) is 0 Å². The highest BCUT2D eigenvalue weighted by Crippen LogP contribution is 2.28. The lowest BCUT2D eigenvalue weighted by Crippen LogP contribution is -2.43. The number of aryl methyl sites for hydroxylation is 1. The lowest BCUT2D eigenvalue weighted by atomic mass is 9.95. The van der Waals surface area contributed by atoms with E-state index >= 15 is 0 Å². The Morgan fingerprint density at radius 2 is 2.31 bits per heavy atom. The van der Waals surface area contributed by atoms with Crippen LogP contribution < -0.4 is 11.1 Å². The topological polar surface area (TPSA) is 112 Å². The summed E-state index contributed by atoms with van der Waals surface area (Å²) in [5.74, 6) is 0.448. The third-order valence-corrected chi connectivity index (χ3v) is 5.30. The zero-order valence-corrected chi connectivity index (χ0v) is 17.0. The standard InChI is InChI=1S/C18H23ClFN7O2/c1-10(23-12-4-7-28-9-18(12,2)20)13-15(21)29-6-3-5-27-16-11(14(19)26-27)8-22-17(24-13)25-16/h8,12H,3-7,9,21H2,1-2H3,(H,22,24,25)/b15-13-,23-10?/t12-,18-/m0/s1. The van der Waals surface area contributed by atoms with Gasteiger partial charge >= 0.3 is 0 Å². The van der Waals surface area contributed by atoms with Crippen LogP contribution >= 0.6 is 11.6 Å². The average Bonchev–Trinajstić information content (AvgIpc) is 2.98. The molecule has 0 aromatic carbocycles. The highest BCUT2D eigenvalue weighted by Gasteiger charge is 2.37. The zero-order valence-electron chi connectivity index (χ0n) is 16.3. The van der Waals surface area contributed by atoms with Gasteiger partial charge in [0.1, 0.15) is 5.70 Å². The number of ether oxygens (including phenoxy) is 2. The molecule has 4 heterocycles. The minimum absolute atomic E-state index is 0.0113. The number of alkyl halides is 1. The van der Waals surface area contributed by atoms with Gasteiger partial charge in [-0.1, -0.05) is 11.6 Å². The molecule has 2 aromatic rings. The second-order valence-electron chi connectivity index (χ2n) is 7.36. The maximum Gasteiger partial charge on any atom is 0.229 e. The van der Waals surface area contributed by atoms with E-state index in [1.807, 2.05) is 0 Å². The van der Waals surface area contributed by atoms with Crippen molar-refractivity contribution < 1.29 is 13.9 Å². The predicted molar refractivity (Wildman–Crippen MR) is 108 cm³/mol. The van der Waals surface area contributed by atoms with E-state index in [4.69, 9.17) is 26.8 Å². The van der Waals surface area contributed by atoms with Crippen molar-refractivity contribution in [2.45, 2.75) is 44.9 Å². The van der Waals surface area contributed by atoms with Gasteiger partial charge in [0.25, 0.3) is 0 Å². The summed E-state index contributed by atoms with van der Waals surface area (Å²) in [6.45, 7) is 4.65. The third kappa shape index (κ3) is 3.99. The lowest BCUT2D eigenvalue weighted by Gasteiger charge is -2.32. The summed E-state index contributed by atoms with van der Waals surface area (Å²) in [5, 5.41) is 8.38. The molecule has 2 aromatic heterocycles. The van der Waals surface area contributed by atoms with Crippen LogP contribution in [0.15, 0.2) is 22.8 Å². The van der Waals surface area contributed by atoms with Gasteiger partial charge in [-0.25, -0.2) is 14.1 Å². The Bertz CT molecular complexity index is 988. The molecule has 0 radical (unpaired) electrons. The van der Waals surface area contributed by atoms with E-state index in [0.29, 0.717) is 66.1 Å². The number of anilines is 1. The molecule has 0 unspecified atom stereocenters. The number of nitrogens with zero attached hydrogens (tertiary/aromatic N) is 5. The zero-order chi connectivity index (χ0) is 20.6. The number of aromatic nitrogens is 4. The van der Waals surface area contributed by atoms with Gasteiger partial charge in [0.05, 0.1) is 30.4 Å². The molecule has 3 N–H and O–H groups in total. The molecule has 2 aliphatic rings. The maximum atomic E-state index is 14.8. The minimum Gasteiger partial charge on any atom is -0.478 e. The van der Waals surface area contributed by atoms with Gasteiger partial charge in [-0.2, -0.15) is 10.1 Å². The molecular formula is C18H23ClFN7O2. The van der Waals surface area contributed by atoms with Crippen molar-refractivity contribution in [1.82, 2.24) is 19.7 Å². The monoisotopic (exact) mass is 423 g/mol. The summed E-state index contributed by atoms with van der Waals surface area (Å²) in [6.07, 6.45) is 2.74. The van der Waals surface area contributed by atoms with Gasteiger partial charge in [0.15, 0.2) is 16.5 Å². The number of nitrogens with one attached hydrogen (secondary N) is 1. The molecule has 156 valence electrons. The first-order valence-electron chi connectivity index (χ1n) is 9.45. The van der Waals surface area contributed by atoms with Crippen LogP contribution in [0, 0.1) is 0 Å². The highest BCUT2D eigenvalue weighted by molar-refractivity contribution is 6.34. The first-order chi connectivity index (χ1) is 13.8. The van der Waals surface area contributed by atoms with Crippen molar-refractivity contribution in [1.29, 1.82) is 0 Å². The summed E-state index contributed by atoms with van der Waals surface area (Å²) >= 11 is 6.18. The van der Waals surface area contributed by atoms with Gasteiger partial charge < -0.3 is 20.5 Å². The lowest BCUT2D eigenvalue weighted by molar-refractivity contribution is -0.0336. The summed E-state index contributed by atoms with van der Waals surface area (Å²) < 4.78 is 27.4. The number of allylic oxidation sites excluding steroid dienone is 1. The highest BCUT2D eigenvalue weighted by atomic mass is 35.5. The van der Waals surface area contributed by atoms with E-state index in [0.717, 1.165) is 0 Å². The summed E-state index contributed by atoms with van der Waals surface area (Å²) in [5.41, 5.74) is 6.15. The molecule has 0 amide bonds. The van der Waals surface area contributed by atoms with Gasteiger partial charge in [-0.3, -0.25) is 4.99 Å². The Hall–Kier alpha value is -2.46. The smallest absolute Gasteiger partial charge is 0.229 e. The van der Waals surface area contributed by atoms with Gasteiger partial charge in [0, 0.05) is 25.8 Å². The Labute approximate surface area is 172 Å². The summed E-state index contributed by atoms with van der Waals surface area (Å²) in [4.78, 5) is 13.4. The van der Waals surface area contributed by atoms with Crippen LogP contribution in [0.2, 0.25) is 5.15 Å². The number of hydrogen-bond donors (Lipinski definition) is 2. The third-order valence-electron chi connectivity index (χ3n) is 5.02. The second kappa shape index (κ2) is 7.75. The van der Waals surface area contributed by atoms with Crippen molar-refractivity contribution in [2.75, 3.05) is 25.1 Å². The molecule has 1 fully saturated rings. The van der Waals surface area contributed by atoms with Crippen molar-refractivity contribution in [3.8, 4) is 0 Å². The van der Waals surface area contributed by atoms with Crippen LogP contribution in [-0.2, 0) is 16.0 Å². The largest absolute Gasteiger partial charge is 0.478 e. The summed E-state index contributed by atoms with van der Waals surface area (Å²) in [6, 6.07) is -0.542. The fourth-order valence-corrected chi connectivity index (χ4v) is 3.64. The van der Waals surface area contributed by atoms with Crippen LogP contribution in [-0.4, -0.2) is 57.0 Å². The van der Waals surface area contributed by atoms with Crippen molar-refractivity contribution in [3.63, 3.8) is 0 Å². The minimum atomic E-state index is -1.55. The molecule has 1 saturated heterocycles. The molecule has 0 aliphatic carbocycles. The molecule has 4 rings (SSSR count). The van der Waals surface area contributed by atoms with Crippen LogP contribution in [0.3, 0.4) is 0 Å².